The number of likely N-dealkylation sites (tertiary alicyclic amines) is 1. The summed E-state index contributed by atoms with van der Waals surface area (Å²) in [6, 6.07) is 0. The molecule has 1 fully saturated rings. The Bertz CT molecular complexity index is 232. The fraction of sp³-hybridized carbons (Fsp3) is 0.700. The van der Waals surface area contributed by atoms with Gasteiger partial charge in [-0.25, -0.2) is 0 Å². The molecule has 0 radical (unpaired) electrons. The minimum atomic E-state index is -0.203. The SMILES string of the molecule is C#CC(=O)N1CCC(C)C(CN)C1. The number of hydrogen-bond donors (Lipinski definition) is 1. The number of piperidine rings is 1. The Balaban J connectivity index is 2.55. The lowest BCUT2D eigenvalue weighted by Crippen LogP contribution is -2.45. The molecule has 3 heteroatoms. The van der Waals surface area contributed by atoms with Crippen molar-refractivity contribution in [3.05, 3.63) is 0 Å². The van der Waals surface area contributed by atoms with Crippen LogP contribution in [0, 0.1) is 24.2 Å². The highest BCUT2D eigenvalue weighted by Crippen LogP contribution is 2.21. The lowest BCUT2D eigenvalue weighted by molar-refractivity contribution is -0.127. The van der Waals surface area contributed by atoms with Crippen molar-refractivity contribution in [1.82, 2.24) is 4.90 Å². The Morgan fingerprint density at radius 1 is 1.77 bits per heavy atom. The molecule has 0 aliphatic carbocycles. The molecule has 1 amide bonds. The Kier molecular flexibility index (Phi) is 3.32. The van der Waals surface area contributed by atoms with Gasteiger partial charge in [0.2, 0.25) is 0 Å². The average Bonchev–Trinajstić information content (AvgIpc) is 2.17. The Hall–Kier alpha value is -1.01. The van der Waals surface area contributed by atoms with Gasteiger partial charge in [0, 0.05) is 13.1 Å². The standard InChI is InChI=1S/C10H16N2O/c1-3-10(13)12-5-4-8(2)9(6-11)7-12/h1,8-9H,4-7,11H2,2H3. The highest BCUT2D eigenvalue weighted by atomic mass is 16.2. The maximum Gasteiger partial charge on any atom is 0.298 e. The van der Waals surface area contributed by atoms with Crippen molar-refractivity contribution in [3.8, 4) is 12.3 Å². The molecule has 1 saturated heterocycles. The predicted octanol–water partition coefficient (Wildman–Crippen LogP) is 0.0629. The number of rotatable bonds is 1. The second-order valence-electron chi connectivity index (χ2n) is 3.66. The van der Waals surface area contributed by atoms with E-state index in [2.05, 4.69) is 12.8 Å². The zero-order valence-corrected chi connectivity index (χ0v) is 7.99. The number of terminal acetylenes is 1. The van der Waals surface area contributed by atoms with E-state index < -0.39 is 0 Å². The zero-order chi connectivity index (χ0) is 9.84. The molecule has 0 spiro atoms. The van der Waals surface area contributed by atoms with Gasteiger partial charge in [-0.05, 0) is 30.7 Å². The maximum atomic E-state index is 11.2. The third-order valence-corrected chi connectivity index (χ3v) is 2.83. The summed E-state index contributed by atoms with van der Waals surface area (Å²) in [6.45, 7) is 4.31. The van der Waals surface area contributed by atoms with E-state index >= 15 is 0 Å². The number of carbonyl (C=O) groups is 1. The van der Waals surface area contributed by atoms with Crippen molar-refractivity contribution < 1.29 is 4.79 Å². The summed E-state index contributed by atoms with van der Waals surface area (Å²) in [6.07, 6.45) is 6.06. The topological polar surface area (TPSA) is 46.3 Å². The first-order chi connectivity index (χ1) is 6.19. The van der Waals surface area contributed by atoms with Crippen molar-refractivity contribution in [1.29, 1.82) is 0 Å². The van der Waals surface area contributed by atoms with Crippen molar-refractivity contribution >= 4 is 5.91 Å². The van der Waals surface area contributed by atoms with E-state index in [1.54, 1.807) is 4.90 Å². The molecule has 0 aromatic carbocycles. The molecule has 0 bridgehead atoms. The molecular weight excluding hydrogens is 164 g/mol. The number of nitrogens with two attached hydrogens (primary N) is 1. The zero-order valence-electron chi connectivity index (χ0n) is 7.99. The largest absolute Gasteiger partial charge is 0.332 e. The van der Waals surface area contributed by atoms with Crippen LogP contribution in [0.3, 0.4) is 0 Å². The van der Waals surface area contributed by atoms with Crippen molar-refractivity contribution in [2.24, 2.45) is 17.6 Å². The van der Waals surface area contributed by atoms with Crippen LogP contribution in [0.25, 0.3) is 0 Å². The van der Waals surface area contributed by atoms with Crippen LogP contribution in [0.15, 0.2) is 0 Å². The van der Waals surface area contributed by atoms with Crippen LogP contribution in [0.2, 0.25) is 0 Å². The van der Waals surface area contributed by atoms with E-state index in [0.717, 1.165) is 19.5 Å². The second kappa shape index (κ2) is 4.29. The molecule has 2 unspecified atom stereocenters. The molecule has 2 N–H and O–H groups in total. The fourth-order valence-corrected chi connectivity index (χ4v) is 1.73. The minimum absolute atomic E-state index is 0.203. The molecule has 0 saturated carbocycles. The van der Waals surface area contributed by atoms with E-state index in [4.69, 9.17) is 12.2 Å². The molecule has 0 aromatic heterocycles. The number of nitrogens with zero attached hydrogens (tertiary/aromatic N) is 1. The third kappa shape index (κ3) is 2.22. The molecule has 72 valence electrons. The summed E-state index contributed by atoms with van der Waals surface area (Å²) in [4.78, 5) is 12.9. The Morgan fingerprint density at radius 2 is 2.46 bits per heavy atom. The van der Waals surface area contributed by atoms with Crippen molar-refractivity contribution in [2.75, 3.05) is 19.6 Å². The first kappa shape index (κ1) is 10.1. The van der Waals surface area contributed by atoms with E-state index in [-0.39, 0.29) is 5.91 Å². The van der Waals surface area contributed by atoms with Gasteiger partial charge in [0.05, 0.1) is 0 Å². The van der Waals surface area contributed by atoms with Gasteiger partial charge in [0.15, 0.2) is 0 Å². The molecule has 1 rings (SSSR count). The van der Waals surface area contributed by atoms with Crippen LogP contribution in [0.5, 0.6) is 0 Å². The second-order valence-corrected chi connectivity index (χ2v) is 3.66. The monoisotopic (exact) mass is 180 g/mol. The number of hydrogen-bond acceptors (Lipinski definition) is 2. The number of amides is 1. The molecular formula is C10H16N2O. The molecule has 3 nitrogen and oxygen atoms in total. The van der Waals surface area contributed by atoms with E-state index in [1.807, 2.05) is 0 Å². The van der Waals surface area contributed by atoms with Crippen LogP contribution >= 0.6 is 0 Å². The van der Waals surface area contributed by atoms with Crippen LogP contribution in [0.1, 0.15) is 13.3 Å². The van der Waals surface area contributed by atoms with Crippen LogP contribution < -0.4 is 5.73 Å². The van der Waals surface area contributed by atoms with Gasteiger partial charge >= 0.3 is 0 Å². The van der Waals surface area contributed by atoms with Gasteiger partial charge in [-0.1, -0.05) is 6.92 Å². The summed E-state index contributed by atoms with van der Waals surface area (Å²) < 4.78 is 0. The van der Waals surface area contributed by atoms with Gasteiger partial charge < -0.3 is 10.6 Å². The van der Waals surface area contributed by atoms with Crippen LogP contribution in [-0.2, 0) is 4.79 Å². The van der Waals surface area contributed by atoms with Gasteiger partial charge in [-0.2, -0.15) is 0 Å². The van der Waals surface area contributed by atoms with Crippen LogP contribution in [0.4, 0.5) is 0 Å². The van der Waals surface area contributed by atoms with E-state index in [9.17, 15) is 4.79 Å². The first-order valence-electron chi connectivity index (χ1n) is 4.64. The van der Waals surface area contributed by atoms with E-state index in [1.165, 1.54) is 0 Å². The predicted molar refractivity (Wildman–Crippen MR) is 51.7 cm³/mol. The molecule has 2 atom stereocenters. The third-order valence-electron chi connectivity index (χ3n) is 2.83. The molecule has 13 heavy (non-hydrogen) atoms. The molecule has 1 aliphatic heterocycles. The summed E-state index contributed by atoms with van der Waals surface area (Å²) in [5, 5.41) is 0. The quantitative estimate of drug-likeness (QED) is 0.580. The Labute approximate surface area is 79.3 Å². The van der Waals surface area contributed by atoms with Gasteiger partial charge in [0.1, 0.15) is 0 Å². The van der Waals surface area contributed by atoms with Crippen LogP contribution in [-0.4, -0.2) is 30.4 Å². The highest BCUT2D eigenvalue weighted by Gasteiger charge is 2.26. The lowest BCUT2D eigenvalue weighted by atomic mass is 9.87. The molecule has 1 heterocycles. The average molecular weight is 180 g/mol. The van der Waals surface area contributed by atoms with Crippen molar-refractivity contribution in [3.63, 3.8) is 0 Å². The van der Waals surface area contributed by atoms with Gasteiger partial charge in [0.25, 0.3) is 5.91 Å². The van der Waals surface area contributed by atoms with Gasteiger partial charge in [-0.15, -0.1) is 6.42 Å². The lowest BCUT2D eigenvalue weighted by Gasteiger charge is -2.35. The summed E-state index contributed by atoms with van der Waals surface area (Å²) >= 11 is 0. The maximum absolute atomic E-state index is 11.2. The molecule has 1 aliphatic rings. The van der Waals surface area contributed by atoms with Gasteiger partial charge in [-0.3, -0.25) is 4.79 Å². The highest BCUT2D eigenvalue weighted by molar-refractivity contribution is 5.92. The summed E-state index contributed by atoms with van der Waals surface area (Å²) in [7, 11) is 0. The number of carbonyl (C=O) groups excluding carboxylic acids is 1. The fourth-order valence-electron chi connectivity index (χ4n) is 1.73. The smallest absolute Gasteiger partial charge is 0.298 e. The minimum Gasteiger partial charge on any atom is -0.332 e. The summed E-state index contributed by atoms with van der Waals surface area (Å²) in [5.74, 6) is 2.95. The van der Waals surface area contributed by atoms with Crippen molar-refractivity contribution in [2.45, 2.75) is 13.3 Å². The first-order valence-corrected chi connectivity index (χ1v) is 4.64. The Morgan fingerprint density at radius 3 is 3.00 bits per heavy atom. The van der Waals surface area contributed by atoms with E-state index in [0.29, 0.717) is 18.4 Å². The molecule has 0 aromatic rings. The summed E-state index contributed by atoms with van der Waals surface area (Å²) in [5.41, 5.74) is 5.61. The normalized spacial score (nSPS) is 28.2.